The van der Waals surface area contributed by atoms with Gasteiger partial charge in [-0.2, -0.15) is 5.10 Å². The number of oxime groups is 1. The zero-order valence-corrected chi connectivity index (χ0v) is 14.5. The van der Waals surface area contributed by atoms with E-state index in [-0.39, 0.29) is 11.6 Å². The largest absolute Gasteiger partial charge is 0.433 e. The van der Waals surface area contributed by atoms with E-state index in [9.17, 15) is 10.1 Å². The first-order valence-electron chi connectivity index (χ1n) is 8.33. The minimum Gasteiger partial charge on any atom is -0.411 e. The highest BCUT2D eigenvalue weighted by Crippen LogP contribution is 2.28. The highest BCUT2D eigenvalue weighted by molar-refractivity contribution is 5.87. The van der Waals surface area contributed by atoms with E-state index in [1.54, 1.807) is 10.9 Å². The van der Waals surface area contributed by atoms with Crippen molar-refractivity contribution < 1.29 is 14.5 Å². The summed E-state index contributed by atoms with van der Waals surface area (Å²) in [6.45, 7) is 0. The van der Waals surface area contributed by atoms with Gasteiger partial charge in [-0.15, -0.1) is 0 Å². The standard InChI is InChI=1S/C20H14N4O4/c25-21-12-16-13-23(22-20(16)18-10-11-19(28-18)24(26)27)17-8-6-15(7-9-17)14-4-2-1-3-5-14/h1-13,25H. The Bertz CT molecular complexity index is 1140. The molecule has 2 heterocycles. The summed E-state index contributed by atoms with van der Waals surface area (Å²) in [5, 5.41) is 27.3. The summed E-state index contributed by atoms with van der Waals surface area (Å²) in [7, 11) is 0. The Labute approximate surface area is 159 Å². The van der Waals surface area contributed by atoms with Crippen molar-refractivity contribution in [2.45, 2.75) is 0 Å². The number of nitrogens with zero attached hydrogens (tertiary/aromatic N) is 4. The van der Waals surface area contributed by atoms with Crippen molar-refractivity contribution in [1.29, 1.82) is 0 Å². The molecule has 4 rings (SSSR count). The third kappa shape index (κ3) is 3.26. The monoisotopic (exact) mass is 374 g/mol. The fourth-order valence-electron chi connectivity index (χ4n) is 2.86. The van der Waals surface area contributed by atoms with Crippen LogP contribution in [-0.2, 0) is 0 Å². The summed E-state index contributed by atoms with van der Waals surface area (Å²) < 4.78 is 6.82. The normalized spacial score (nSPS) is 11.1. The average Bonchev–Trinajstić information content (AvgIpc) is 3.36. The number of nitro groups is 1. The van der Waals surface area contributed by atoms with Crippen LogP contribution in [0.4, 0.5) is 5.88 Å². The summed E-state index contributed by atoms with van der Waals surface area (Å²) in [6, 6.07) is 20.5. The van der Waals surface area contributed by atoms with Crippen LogP contribution in [0.2, 0.25) is 0 Å². The van der Waals surface area contributed by atoms with Crippen LogP contribution in [0, 0.1) is 10.1 Å². The molecular formula is C20H14N4O4. The topological polar surface area (TPSA) is 107 Å². The predicted molar refractivity (Wildman–Crippen MR) is 103 cm³/mol. The number of rotatable bonds is 5. The minimum absolute atomic E-state index is 0.209. The lowest BCUT2D eigenvalue weighted by atomic mass is 10.1. The van der Waals surface area contributed by atoms with Gasteiger partial charge in [-0.25, -0.2) is 4.68 Å². The van der Waals surface area contributed by atoms with Gasteiger partial charge in [0.05, 0.1) is 18.0 Å². The summed E-state index contributed by atoms with van der Waals surface area (Å²) in [6.07, 6.45) is 2.85. The Kier molecular flexibility index (Phi) is 4.43. The van der Waals surface area contributed by atoms with Gasteiger partial charge in [0.2, 0.25) is 0 Å². The van der Waals surface area contributed by atoms with Crippen molar-refractivity contribution in [2.75, 3.05) is 0 Å². The molecular weight excluding hydrogens is 360 g/mol. The zero-order valence-electron chi connectivity index (χ0n) is 14.5. The van der Waals surface area contributed by atoms with E-state index in [4.69, 9.17) is 9.62 Å². The molecule has 28 heavy (non-hydrogen) atoms. The molecule has 8 nitrogen and oxygen atoms in total. The number of hydrogen-bond donors (Lipinski definition) is 1. The molecule has 0 unspecified atom stereocenters. The van der Waals surface area contributed by atoms with Crippen LogP contribution in [0.5, 0.6) is 0 Å². The smallest absolute Gasteiger partial charge is 0.411 e. The zero-order chi connectivity index (χ0) is 19.5. The van der Waals surface area contributed by atoms with Crippen molar-refractivity contribution >= 4 is 12.1 Å². The van der Waals surface area contributed by atoms with Crippen LogP contribution in [0.1, 0.15) is 5.56 Å². The van der Waals surface area contributed by atoms with E-state index >= 15 is 0 Å². The highest BCUT2D eigenvalue weighted by atomic mass is 16.6. The summed E-state index contributed by atoms with van der Waals surface area (Å²) >= 11 is 0. The highest BCUT2D eigenvalue weighted by Gasteiger charge is 2.19. The molecule has 0 saturated heterocycles. The summed E-state index contributed by atoms with van der Waals surface area (Å²) in [5.41, 5.74) is 3.73. The molecule has 0 atom stereocenters. The van der Waals surface area contributed by atoms with E-state index in [1.165, 1.54) is 18.3 Å². The fraction of sp³-hybridized carbons (Fsp3) is 0. The molecule has 0 amide bonds. The third-order valence-electron chi connectivity index (χ3n) is 4.18. The SMILES string of the molecule is O=[N+]([O-])c1ccc(-c2nn(-c3ccc(-c4ccccc4)cc3)cc2C=NO)o1. The first-order chi connectivity index (χ1) is 13.7. The van der Waals surface area contributed by atoms with Gasteiger partial charge in [-0.05, 0) is 29.3 Å². The molecule has 0 aliphatic rings. The Balaban J connectivity index is 1.71. The second-order valence-electron chi connectivity index (χ2n) is 5.93. The van der Waals surface area contributed by atoms with Gasteiger partial charge in [-0.1, -0.05) is 47.6 Å². The lowest BCUT2D eigenvalue weighted by Gasteiger charge is -2.04. The van der Waals surface area contributed by atoms with Crippen LogP contribution in [-0.4, -0.2) is 26.1 Å². The molecule has 1 N–H and O–H groups in total. The second kappa shape index (κ2) is 7.20. The molecule has 0 radical (unpaired) electrons. The number of furan rings is 1. The molecule has 2 aromatic heterocycles. The quantitative estimate of drug-likeness (QED) is 0.239. The van der Waals surface area contributed by atoms with Gasteiger partial charge in [0, 0.05) is 11.8 Å². The van der Waals surface area contributed by atoms with Crippen LogP contribution >= 0.6 is 0 Å². The lowest BCUT2D eigenvalue weighted by Crippen LogP contribution is -1.94. The fourth-order valence-corrected chi connectivity index (χ4v) is 2.86. The van der Waals surface area contributed by atoms with Gasteiger partial charge < -0.3 is 9.62 Å². The molecule has 8 heteroatoms. The molecule has 138 valence electrons. The van der Waals surface area contributed by atoms with E-state index in [1.807, 2.05) is 54.6 Å². The number of benzene rings is 2. The van der Waals surface area contributed by atoms with Crippen molar-refractivity contribution in [3.63, 3.8) is 0 Å². The summed E-state index contributed by atoms with van der Waals surface area (Å²) in [5.74, 6) is -0.176. The molecule has 0 bridgehead atoms. The minimum atomic E-state index is -0.622. The first kappa shape index (κ1) is 17.2. The van der Waals surface area contributed by atoms with Gasteiger partial charge in [0.25, 0.3) is 0 Å². The van der Waals surface area contributed by atoms with Gasteiger partial charge in [0.1, 0.15) is 10.6 Å². The molecule has 0 spiro atoms. The van der Waals surface area contributed by atoms with Crippen LogP contribution in [0.15, 0.2) is 82.5 Å². The molecule has 2 aromatic carbocycles. The lowest BCUT2D eigenvalue weighted by molar-refractivity contribution is -0.401. The van der Waals surface area contributed by atoms with E-state index < -0.39 is 4.92 Å². The molecule has 0 aliphatic carbocycles. The van der Waals surface area contributed by atoms with Crippen molar-refractivity contribution in [3.8, 4) is 28.3 Å². The molecule has 4 aromatic rings. The van der Waals surface area contributed by atoms with Crippen molar-refractivity contribution in [3.05, 3.63) is 88.6 Å². The van der Waals surface area contributed by atoms with Gasteiger partial charge in [0.15, 0.2) is 5.76 Å². The van der Waals surface area contributed by atoms with E-state index in [2.05, 4.69) is 10.3 Å². The third-order valence-corrected chi connectivity index (χ3v) is 4.18. The molecule has 0 saturated carbocycles. The maximum absolute atomic E-state index is 10.9. The Morgan fingerprint density at radius 3 is 2.39 bits per heavy atom. The number of hydrogen-bond acceptors (Lipinski definition) is 6. The molecule has 0 aliphatic heterocycles. The average molecular weight is 374 g/mol. The first-order valence-corrected chi connectivity index (χ1v) is 8.33. The Morgan fingerprint density at radius 2 is 1.75 bits per heavy atom. The van der Waals surface area contributed by atoms with E-state index in [0.717, 1.165) is 16.8 Å². The van der Waals surface area contributed by atoms with Crippen molar-refractivity contribution in [1.82, 2.24) is 9.78 Å². The Morgan fingerprint density at radius 1 is 1.04 bits per heavy atom. The molecule has 0 fully saturated rings. The van der Waals surface area contributed by atoms with E-state index in [0.29, 0.717) is 11.3 Å². The second-order valence-corrected chi connectivity index (χ2v) is 5.93. The van der Waals surface area contributed by atoms with Gasteiger partial charge >= 0.3 is 5.88 Å². The Hall–Kier alpha value is -4.20. The maximum Gasteiger partial charge on any atom is 0.433 e. The number of aromatic nitrogens is 2. The van der Waals surface area contributed by atoms with Crippen LogP contribution in [0.25, 0.3) is 28.3 Å². The summed E-state index contributed by atoms with van der Waals surface area (Å²) in [4.78, 5) is 10.2. The predicted octanol–water partition coefficient (Wildman–Crippen LogP) is 4.52. The van der Waals surface area contributed by atoms with Crippen LogP contribution < -0.4 is 0 Å². The maximum atomic E-state index is 10.9. The van der Waals surface area contributed by atoms with Gasteiger partial charge in [-0.3, -0.25) is 10.1 Å². The van der Waals surface area contributed by atoms with Crippen LogP contribution in [0.3, 0.4) is 0 Å². The van der Waals surface area contributed by atoms with Crippen molar-refractivity contribution in [2.24, 2.45) is 5.16 Å².